The van der Waals surface area contributed by atoms with E-state index in [9.17, 15) is 0 Å². The first kappa shape index (κ1) is 17.8. The van der Waals surface area contributed by atoms with Crippen LogP contribution in [0, 0.1) is 0 Å². The predicted molar refractivity (Wildman–Crippen MR) is 104 cm³/mol. The van der Waals surface area contributed by atoms with Gasteiger partial charge in [0.25, 0.3) is 0 Å². The van der Waals surface area contributed by atoms with E-state index in [0.29, 0.717) is 19.8 Å². The Bertz CT molecular complexity index is 834. The highest BCUT2D eigenvalue weighted by molar-refractivity contribution is 5.70. The minimum atomic E-state index is 0.414. The van der Waals surface area contributed by atoms with Crippen LogP contribution >= 0.6 is 0 Å². The Morgan fingerprint density at radius 1 is 0.769 bits per heavy atom. The third-order valence-corrected chi connectivity index (χ3v) is 4.06. The minimum Gasteiger partial charge on any atom is -0.497 e. The molecule has 3 aromatic carbocycles. The van der Waals surface area contributed by atoms with E-state index < -0.39 is 0 Å². The molecule has 4 nitrogen and oxygen atoms in total. The molecule has 0 aliphatic rings. The molecule has 3 aromatic rings. The molecule has 0 saturated carbocycles. The van der Waals surface area contributed by atoms with E-state index in [1.807, 2.05) is 54.6 Å². The van der Waals surface area contributed by atoms with Gasteiger partial charge in [0.2, 0.25) is 0 Å². The Kier molecular flexibility index (Phi) is 6.12. The largest absolute Gasteiger partial charge is 0.497 e. The molecule has 0 aromatic heterocycles. The Morgan fingerprint density at radius 3 is 2.19 bits per heavy atom. The third kappa shape index (κ3) is 4.35. The highest BCUT2D eigenvalue weighted by Gasteiger charge is 2.07. The van der Waals surface area contributed by atoms with Crippen LogP contribution < -0.4 is 19.9 Å². The lowest BCUT2D eigenvalue weighted by molar-refractivity contribution is 0.216. The van der Waals surface area contributed by atoms with E-state index in [1.165, 1.54) is 0 Å². The first-order chi connectivity index (χ1) is 12.8. The van der Waals surface area contributed by atoms with E-state index in [-0.39, 0.29) is 0 Å². The number of para-hydroxylation sites is 1. The summed E-state index contributed by atoms with van der Waals surface area (Å²) in [6, 6.07) is 23.8. The zero-order valence-corrected chi connectivity index (χ0v) is 14.9. The van der Waals surface area contributed by atoms with Gasteiger partial charge in [-0.05, 0) is 17.7 Å². The van der Waals surface area contributed by atoms with Crippen LogP contribution in [0.4, 0.5) is 0 Å². The highest BCUT2D eigenvalue weighted by Crippen LogP contribution is 2.29. The van der Waals surface area contributed by atoms with Crippen molar-refractivity contribution < 1.29 is 14.2 Å². The Labute approximate surface area is 154 Å². The fraction of sp³-hybridized carbons (Fsp3) is 0.182. The number of hydrogen-bond donors (Lipinski definition) is 1. The van der Waals surface area contributed by atoms with Crippen LogP contribution in [0.25, 0.3) is 11.1 Å². The molecule has 0 aliphatic heterocycles. The quantitative estimate of drug-likeness (QED) is 0.617. The van der Waals surface area contributed by atoms with Gasteiger partial charge in [-0.3, -0.25) is 0 Å². The van der Waals surface area contributed by atoms with Gasteiger partial charge >= 0.3 is 0 Å². The molecule has 0 unspecified atom stereocenters. The molecule has 4 heteroatoms. The van der Waals surface area contributed by atoms with Gasteiger partial charge in [-0.1, -0.05) is 54.6 Å². The van der Waals surface area contributed by atoms with E-state index >= 15 is 0 Å². The third-order valence-electron chi connectivity index (χ3n) is 4.06. The standard InChI is InChI=1S/C22H23NO3/c1-24-19-12-11-18(16-23)22(15-19)26-14-13-25-21-10-6-5-9-20(21)17-7-3-2-4-8-17/h2-12,15H,13-14,16,23H2,1H3. The van der Waals surface area contributed by atoms with Gasteiger partial charge in [-0.25, -0.2) is 0 Å². The molecule has 0 heterocycles. The molecule has 0 spiro atoms. The van der Waals surface area contributed by atoms with Gasteiger partial charge in [0.05, 0.1) is 7.11 Å². The number of ether oxygens (including phenoxy) is 3. The van der Waals surface area contributed by atoms with Crippen molar-refractivity contribution in [3.05, 3.63) is 78.4 Å². The lowest BCUT2D eigenvalue weighted by Crippen LogP contribution is -2.11. The molecule has 3 rings (SSSR count). The normalized spacial score (nSPS) is 10.4. The number of hydrogen-bond acceptors (Lipinski definition) is 4. The van der Waals surface area contributed by atoms with Crippen molar-refractivity contribution in [1.82, 2.24) is 0 Å². The lowest BCUT2D eigenvalue weighted by Gasteiger charge is -2.14. The van der Waals surface area contributed by atoms with E-state index in [0.717, 1.165) is 33.9 Å². The van der Waals surface area contributed by atoms with Crippen LogP contribution in [0.3, 0.4) is 0 Å². The van der Waals surface area contributed by atoms with Crippen molar-refractivity contribution in [1.29, 1.82) is 0 Å². The van der Waals surface area contributed by atoms with Crippen LogP contribution in [0.15, 0.2) is 72.8 Å². The van der Waals surface area contributed by atoms with Crippen LogP contribution in [-0.2, 0) is 6.54 Å². The molecule has 0 amide bonds. The Morgan fingerprint density at radius 2 is 1.46 bits per heavy atom. The molecule has 134 valence electrons. The van der Waals surface area contributed by atoms with Gasteiger partial charge < -0.3 is 19.9 Å². The summed E-state index contributed by atoms with van der Waals surface area (Å²) in [6.07, 6.45) is 0. The second kappa shape index (κ2) is 8.92. The van der Waals surface area contributed by atoms with Crippen molar-refractivity contribution in [3.8, 4) is 28.4 Å². The maximum atomic E-state index is 5.96. The van der Waals surface area contributed by atoms with Gasteiger partial charge in [0.15, 0.2) is 0 Å². The average Bonchev–Trinajstić information content (AvgIpc) is 2.72. The van der Waals surface area contributed by atoms with Crippen LogP contribution in [-0.4, -0.2) is 20.3 Å². The summed E-state index contributed by atoms with van der Waals surface area (Å²) >= 11 is 0. The summed E-state index contributed by atoms with van der Waals surface area (Å²) in [5, 5.41) is 0. The zero-order valence-electron chi connectivity index (χ0n) is 14.9. The van der Waals surface area contributed by atoms with Crippen molar-refractivity contribution >= 4 is 0 Å². The van der Waals surface area contributed by atoms with Gasteiger partial charge in [-0.15, -0.1) is 0 Å². The number of methoxy groups -OCH3 is 1. The molecule has 0 aliphatic carbocycles. The Hall–Kier alpha value is -2.98. The predicted octanol–water partition coefficient (Wildman–Crippen LogP) is 4.28. The number of nitrogens with two attached hydrogens (primary N) is 1. The molecule has 26 heavy (non-hydrogen) atoms. The van der Waals surface area contributed by atoms with Crippen LogP contribution in [0.5, 0.6) is 17.2 Å². The fourth-order valence-electron chi connectivity index (χ4n) is 2.72. The number of rotatable bonds is 8. The monoisotopic (exact) mass is 349 g/mol. The Balaban J connectivity index is 1.63. The maximum Gasteiger partial charge on any atom is 0.127 e. The maximum absolute atomic E-state index is 5.96. The smallest absolute Gasteiger partial charge is 0.127 e. The summed E-state index contributed by atoms with van der Waals surface area (Å²) in [5.41, 5.74) is 8.90. The lowest BCUT2D eigenvalue weighted by atomic mass is 10.1. The number of benzene rings is 3. The summed E-state index contributed by atoms with van der Waals surface area (Å²) in [5.74, 6) is 2.31. The first-order valence-corrected chi connectivity index (χ1v) is 8.59. The molecular formula is C22H23NO3. The van der Waals surface area contributed by atoms with Crippen molar-refractivity contribution in [2.45, 2.75) is 6.54 Å². The first-order valence-electron chi connectivity index (χ1n) is 8.59. The van der Waals surface area contributed by atoms with E-state index in [2.05, 4.69) is 18.2 Å². The molecule has 0 saturated heterocycles. The van der Waals surface area contributed by atoms with E-state index in [1.54, 1.807) is 7.11 Å². The molecule has 0 fully saturated rings. The van der Waals surface area contributed by atoms with Gasteiger partial charge in [0, 0.05) is 23.7 Å². The van der Waals surface area contributed by atoms with Gasteiger partial charge in [0.1, 0.15) is 30.5 Å². The van der Waals surface area contributed by atoms with Crippen molar-refractivity contribution in [2.24, 2.45) is 5.73 Å². The van der Waals surface area contributed by atoms with Crippen molar-refractivity contribution in [2.75, 3.05) is 20.3 Å². The minimum absolute atomic E-state index is 0.414. The van der Waals surface area contributed by atoms with Crippen LogP contribution in [0.1, 0.15) is 5.56 Å². The second-order valence-electron chi connectivity index (χ2n) is 5.74. The fourth-order valence-corrected chi connectivity index (χ4v) is 2.72. The highest BCUT2D eigenvalue weighted by atomic mass is 16.5. The molecule has 0 atom stereocenters. The molecular weight excluding hydrogens is 326 g/mol. The second-order valence-corrected chi connectivity index (χ2v) is 5.74. The average molecular weight is 349 g/mol. The summed E-state index contributed by atoms with van der Waals surface area (Å²) < 4.78 is 17.1. The van der Waals surface area contributed by atoms with Crippen molar-refractivity contribution in [3.63, 3.8) is 0 Å². The summed E-state index contributed by atoms with van der Waals surface area (Å²) in [7, 11) is 1.63. The van der Waals surface area contributed by atoms with E-state index in [4.69, 9.17) is 19.9 Å². The zero-order chi connectivity index (χ0) is 18.2. The van der Waals surface area contributed by atoms with Crippen LogP contribution in [0.2, 0.25) is 0 Å². The molecule has 2 N–H and O–H groups in total. The topological polar surface area (TPSA) is 53.7 Å². The van der Waals surface area contributed by atoms with Gasteiger partial charge in [-0.2, -0.15) is 0 Å². The SMILES string of the molecule is COc1ccc(CN)c(OCCOc2ccccc2-c2ccccc2)c1. The summed E-state index contributed by atoms with van der Waals surface area (Å²) in [6.45, 7) is 1.27. The molecule has 0 bridgehead atoms. The molecule has 0 radical (unpaired) electrons. The summed E-state index contributed by atoms with van der Waals surface area (Å²) in [4.78, 5) is 0.